The van der Waals surface area contributed by atoms with Gasteiger partial charge < -0.3 is 15.4 Å². The molecular weight excluding hydrogens is 439 g/mol. The molecule has 2 aromatic rings. The number of aliphatic imine (C=N–C) groups is 1. The van der Waals surface area contributed by atoms with Crippen molar-refractivity contribution >= 4 is 29.9 Å². The maximum absolute atomic E-state index is 5.18. The molecule has 0 aliphatic rings. The highest BCUT2D eigenvalue weighted by molar-refractivity contribution is 14.0. The molecule has 0 atom stereocenters. The normalized spacial score (nSPS) is 10.8. The third kappa shape index (κ3) is 8.51. The summed E-state index contributed by atoms with van der Waals surface area (Å²) in [5, 5.41) is 6.65. The van der Waals surface area contributed by atoms with Crippen molar-refractivity contribution in [2.75, 3.05) is 26.7 Å². The average molecular weight is 468 g/mol. The van der Waals surface area contributed by atoms with Crippen LogP contribution in [0.1, 0.15) is 24.6 Å². The fourth-order valence-electron chi connectivity index (χ4n) is 2.46. The average Bonchev–Trinajstić information content (AvgIpc) is 2.66. The lowest BCUT2D eigenvalue weighted by molar-refractivity contribution is 0.414. The van der Waals surface area contributed by atoms with Crippen molar-refractivity contribution in [1.29, 1.82) is 0 Å². The van der Waals surface area contributed by atoms with E-state index in [1.165, 1.54) is 5.56 Å². The number of nitrogens with one attached hydrogen (secondary N) is 2. The van der Waals surface area contributed by atoms with Crippen LogP contribution in [0.2, 0.25) is 0 Å². The monoisotopic (exact) mass is 468 g/mol. The first-order valence-corrected chi connectivity index (χ1v) is 8.87. The molecule has 0 saturated heterocycles. The summed E-state index contributed by atoms with van der Waals surface area (Å²) in [5.74, 6) is 1.77. The summed E-state index contributed by atoms with van der Waals surface area (Å²) in [6, 6.07) is 14.2. The summed E-state index contributed by atoms with van der Waals surface area (Å²) < 4.78 is 5.18. The Morgan fingerprint density at radius 1 is 1.08 bits per heavy atom. The molecule has 1 heterocycles. The fourth-order valence-corrected chi connectivity index (χ4v) is 2.46. The van der Waals surface area contributed by atoms with Gasteiger partial charge in [0.25, 0.3) is 0 Å². The van der Waals surface area contributed by atoms with Crippen molar-refractivity contribution in [2.24, 2.45) is 4.99 Å². The number of aromatic nitrogens is 1. The number of ether oxygens (including phenoxy) is 1. The van der Waals surface area contributed by atoms with Gasteiger partial charge in [0.15, 0.2) is 5.96 Å². The van der Waals surface area contributed by atoms with Gasteiger partial charge in [0, 0.05) is 37.9 Å². The molecule has 26 heavy (non-hydrogen) atoms. The Balaban J connectivity index is 0.00000338. The SMILES string of the molecule is CCNC(=NCCCc1ccc(OC)cc1)NCCc1ccccn1.I. The first-order valence-electron chi connectivity index (χ1n) is 8.87. The smallest absolute Gasteiger partial charge is 0.191 e. The highest BCUT2D eigenvalue weighted by Crippen LogP contribution is 2.12. The van der Waals surface area contributed by atoms with Crippen molar-refractivity contribution < 1.29 is 4.74 Å². The predicted molar refractivity (Wildman–Crippen MR) is 119 cm³/mol. The molecule has 142 valence electrons. The van der Waals surface area contributed by atoms with E-state index < -0.39 is 0 Å². The van der Waals surface area contributed by atoms with Gasteiger partial charge in [-0.15, -0.1) is 24.0 Å². The number of rotatable bonds is 9. The maximum Gasteiger partial charge on any atom is 0.191 e. The van der Waals surface area contributed by atoms with Crippen LogP contribution in [-0.4, -0.2) is 37.7 Å². The first kappa shape index (κ1) is 22.2. The van der Waals surface area contributed by atoms with Gasteiger partial charge in [-0.3, -0.25) is 9.98 Å². The first-order chi connectivity index (χ1) is 12.3. The summed E-state index contributed by atoms with van der Waals surface area (Å²) >= 11 is 0. The molecule has 0 fully saturated rings. The second kappa shape index (κ2) is 13.4. The molecule has 1 aromatic carbocycles. The van der Waals surface area contributed by atoms with Crippen LogP contribution in [0.3, 0.4) is 0 Å². The summed E-state index contributed by atoms with van der Waals surface area (Å²) in [6.45, 7) is 4.55. The van der Waals surface area contributed by atoms with E-state index in [4.69, 9.17) is 4.74 Å². The van der Waals surface area contributed by atoms with Crippen molar-refractivity contribution in [3.05, 3.63) is 59.9 Å². The van der Waals surface area contributed by atoms with E-state index in [1.807, 2.05) is 36.5 Å². The van der Waals surface area contributed by atoms with E-state index in [2.05, 4.69) is 39.7 Å². The Morgan fingerprint density at radius 3 is 2.54 bits per heavy atom. The van der Waals surface area contributed by atoms with Gasteiger partial charge in [-0.1, -0.05) is 18.2 Å². The largest absolute Gasteiger partial charge is 0.497 e. The Bertz CT molecular complexity index is 632. The van der Waals surface area contributed by atoms with Gasteiger partial charge in [0.1, 0.15) is 5.75 Å². The molecule has 0 aliphatic heterocycles. The van der Waals surface area contributed by atoms with Crippen LogP contribution >= 0.6 is 24.0 Å². The molecule has 0 amide bonds. The van der Waals surface area contributed by atoms with Crippen LogP contribution in [0.5, 0.6) is 5.75 Å². The summed E-state index contributed by atoms with van der Waals surface area (Å²) in [5.41, 5.74) is 2.40. The highest BCUT2D eigenvalue weighted by Gasteiger charge is 1.99. The van der Waals surface area contributed by atoms with Crippen LogP contribution in [0.25, 0.3) is 0 Å². The van der Waals surface area contributed by atoms with E-state index in [0.29, 0.717) is 0 Å². The van der Waals surface area contributed by atoms with Gasteiger partial charge in [-0.25, -0.2) is 0 Å². The van der Waals surface area contributed by atoms with E-state index in [-0.39, 0.29) is 24.0 Å². The van der Waals surface area contributed by atoms with E-state index in [0.717, 1.165) is 56.3 Å². The number of methoxy groups -OCH3 is 1. The minimum atomic E-state index is 0. The Kier molecular flexibility index (Phi) is 11.4. The highest BCUT2D eigenvalue weighted by atomic mass is 127. The Hall–Kier alpha value is -1.83. The van der Waals surface area contributed by atoms with Crippen molar-refractivity contribution in [1.82, 2.24) is 15.6 Å². The molecule has 2 N–H and O–H groups in total. The van der Waals surface area contributed by atoms with E-state index in [9.17, 15) is 0 Å². The summed E-state index contributed by atoms with van der Waals surface area (Å²) in [7, 11) is 1.69. The number of benzene rings is 1. The minimum absolute atomic E-state index is 0. The number of hydrogen-bond acceptors (Lipinski definition) is 3. The lowest BCUT2D eigenvalue weighted by Gasteiger charge is -2.11. The number of halogens is 1. The number of nitrogens with zero attached hydrogens (tertiary/aromatic N) is 2. The minimum Gasteiger partial charge on any atom is -0.497 e. The van der Waals surface area contributed by atoms with Crippen LogP contribution < -0.4 is 15.4 Å². The number of aryl methyl sites for hydroxylation is 1. The van der Waals surface area contributed by atoms with Crippen molar-refractivity contribution in [2.45, 2.75) is 26.2 Å². The lowest BCUT2D eigenvalue weighted by Crippen LogP contribution is -2.38. The molecule has 0 bridgehead atoms. The fraction of sp³-hybridized carbons (Fsp3) is 0.400. The second-order valence-corrected chi connectivity index (χ2v) is 5.71. The lowest BCUT2D eigenvalue weighted by atomic mass is 10.1. The molecule has 0 aliphatic carbocycles. The van der Waals surface area contributed by atoms with Crippen molar-refractivity contribution in [3.8, 4) is 5.75 Å². The molecule has 6 heteroatoms. The third-order valence-electron chi connectivity index (χ3n) is 3.80. The van der Waals surface area contributed by atoms with Gasteiger partial charge >= 0.3 is 0 Å². The molecule has 0 radical (unpaired) electrons. The van der Waals surface area contributed by atoms with Crippen LogP contribution in [0, 0.1) is 0 Å². The molecule has 1 aromatic heterocycles. The van der Waals surface area contributed by atoms with Crippen LogP contribution in [0.4, 0.5) is 0 Å². The Morgan fingerprint density at radius 2 is 1.88 bits per heavy atom. The molecule has 0 saturated carbocycles. The summed E-state index contributed by atoms with van der Waals surface area (Å²) in [4.78, 5) is 8.98. The molecule has 0 spiro atoms. The van der Waals surface area contributed by atoms with Gasteiger partial charge in [-0.2, -0.15) is 0 Å². The molecule has 0 unspecified atom stereocenters. The molecule has 5 nitrogen and oxygen atoms in total. The van der Waals surface area contributed by atoms with Crippen molar-refractivity contribution in [3.63, 3.8) is 0 Å². The second-order valence-electron chi connectivity index (χ2n) is 5.71. The zero-order valence-electron chi connectivity index (χ0n) is 15.6. The molecule has 2 rings (SSSR count). The predicted octanol–water partition coefficient (Wildman–Crippen LogP) is 3.44. The standard InChI is InChI=1S/C20H28N4O.HI/c1-3-21-20(24-16-13-18-8-4-5-14-22-18)23-15-6-7-17-9-11-19(25-2)12-10-17;/h4-5,8-12,14H,3,6-7,13,15-16H2,1-2H3,(H2,21,23,24);1H. The number of hydrogen-bond donors (Lipinski definition) is 2. The van der Waals surface area contributed by atoms with E-state index in [1.54, 1.807) is 7.11 Å². The third-order valence-corrected chi connectivity index (χ3v) is 3.80. The quantitative estimate of drug-likeness (QED) is 0.256. The molecular formula is C20H29IN4O. The maximum atomic E-state index is 5.18. The topological polar surface area (TPSA) is 58.5 Å². The van der Waals surface area contributed by atoms with Crippen LogP contribution in [0.15, 0.2) is 53.7 Å². The van der Waals surface area contributed by atoms with Gasteiger partial charge in [0.05, 0.1) is 7.11 Å². The van der Waals surface area contributed by atoms with Crippen LogP contribution in [-0.2, 0) is 12.8 Å². The zero-order valence-corrected chi connectivity index (χ0v) is 17.9. The number of pyridine rings is 1. The van der Waals surface area contributed by atoms with Gasteiger partial charge in [-0.05, 0) is 49.6 Å². The van der Waals surface area contributed by atoms with Gasteiger partial charge in [0.2, 0.25) is 0 Å². The summed E-state index contributed by atoms with van der Waals surface area (Å²) in [6.07, 6.45) is 4.74. The Labute approximate surface area is 173 Å². The van der Waals surface area contributed by atoms with E-state index >= 15 is 0 Å². The zero-order chi connectivity index (χ0) is 17.7. The number of guanidine groups is 1.